The Balaban J connectivity index is 1.75. The molecule has 3 heterocycles. The van der Waals surface area contributed by atoms with Crippen LogP contribution in [0, 0.1) is 16.7 Å². The molecule has 0 radical (unpaired) electrons. The van der Waals surface area contributed by atoms with Gasteiger partial charge in [0.2, 0.25) is 0 Å². The highest BCUT2D eigenvalue weighted by Gasteiger charge is 2.20. The number of piperazine rings is 1. The van der Waals surface area contributed by atoms with E-state index in [0.717, 1.165) is 55.1 Å². The maximum atomic E-state index is 12.8. The number of pyridine rings is 1. The fourth-order valence-electron chi connectivity index (χ4n) is 4.18. The molecule has 0 spiro atoms. The van der Waals surface area contributed by atoms with E-state index < -0.39 is 0 Å². The molecule has 0 amide bonds. The molecule has 1 fully saturated rings. The van der Waals surface area contributed by atoms with Crippen LogP contribution in [0.1, 0.15) is 31.9 Å². The van der Waals surface area contributed by atoms with Crippen molar-refractivity contribution >= 4 is 11.2 Å². The normalized spacial score (nSPS) is 15.3. The van der Waals surface area contributed by atoms with Crippen molar-refractivity contribution in [1.29, 1.82) is 5.26 Å². The number of rotatable bonds is 4. The summed E-state index contributed by atoms with van der Waals surface area (Å²) in [4.78, 5) is 20.1. The summed E-state index contributed by atoms with van der Waals surface area (Å²) in [6.45, 7) is 11.8. The number of fused-ring (bicyclic) bond motifs is 1. The number of aryl methyl sites for hydroxylation is 1. The number of hydrogen-bond acceptors (Lipinski definition) is 5. The molecular weight excluding hydrogens is 388 g/mol. The molecule has 7 nitrogen and oxygen atoms in total. The van der Waals surface area contributed by atoms with Crippen molar-refractivity contribution in [3.63, 3.8) is 0 Å². The molecule has 1 aliphatic heterocycles. The van der Waals surface area contributed by atoms with E-state index in [4.69, 9.17) is 4.98 Å². The Bertz CT molecular complexity index is 1200. The molecule has 0 bridgehead atoms. The first-order chi connectivity index (χ1) is 14.8. The molecule has 4 rings (SSSR count). The molecule has 1 aromatic carbocycles. The van der Waals surface area contributed by atoms with Gasteiger partial charge in [0, 0.05) is 51.9 Å². The zero-order valence-electron chi connectivity index (χ0n) is 18.8. The molecule has 3 aromatic rings. The van der Waals surface area contributed by atoms with Crippen molar-refractivity contribution in [3.8, 4) is 17.3 Å². The zero-order chi connectivity index (χ0) is 22.2. The van der Waals surface area contributed by atoms with Crippen LogP contribution in [0.15, 0.2) is 35.1 Å². The SMILES string of the molecule is Cn1c(=O)n(CC(C)(C)C)c2ccc(-c3cc(CN4CCNCC4)ccc3C#N)nc21. The molecule has 1 saturated heterocycles. The Kier molecular flexibility index (Phi) is 5.69. The van der Waals surface area contributed by atoms with Gasteiger partial charge < -0.3 is 5.32 Å². The number of hydrogen-bond donors (Lipinski definition) is 1. The Morgan fingerprint density at radius 3 is 2.58 bits per heavy atom. The summed E-state index contributed by atoms with van der Waals surface area (Å²) in [5, 5.41) is 13.1. The van der Waals surface area contributed by atoms with Gasteiger partial charge in [-0.15, -0.1) is 0 Å². The average molecular weight is 419 g/mol. The maximum Gasteiger partial charge on any atom is 0.330 e. The van der Waals surface area contributed by atoms with E-state index in [1.54, 1.807) is 16.2 Å². The van der Waals surface area contributed by atoms with Crippen LogP contribution in [-0.2, 0) is 20.1 Å². The minimum atomic E-state index is -0.0671. The number of benzene rings is 1. The van der Waals surface area contributed by atoms with Crippen LogP contribution >= 0.6 is 0 Å². The second-order valence-electron chi connectivity index (χ2n) is 9.55. The number of nitrogens with zero attached hydrogens (tertiary/aromatic N) is 5. The monoisotopic (exact) mass is 418 g/mol. The third-order valence-corrected chi connectivity index (χ3v) is 5.71. The van der Waals surface area contributed by atoms with Crippen molar-refractivity contribution in [3.05, 3.63) is 51.9 Å². The van der Waals surface area contributed by atoms with Gasteiger partial charge in [0.05, 0.1) is 22.8 Å². The second kappa shape index (κ2) is 8.29. The van der Waals surface area contributed by atoms with Gasteiger partial charge in [0.25, 0.3) is 0 Å². The summed E-state index contributed by atoms with van der Waals surface area (Å²) in [7, 11) is 1.76. The summed E-state index contributed by atoms with van der Waals surface area (Å²) < 4.78 is 3.39. The molecule has 7 heteroatoms. The van der Waals surface area contributed by atoms with E-state index >= 15 is 0 Å². The van der Waals surface area contributed by atoms with Crippen LogP contribution < -0.4 is 11.0 Å². The summed E-state index contributed by atoms with van der Waals surface area (Å²) in [6.07, 6.45) is 0. The first kappa shape index (κ1) is 21.3. The summed E-state index contributed by atoms with van der Waals surface area (Å²) in [5.41, 5.74) is 4.66. The Morgan fingerprint density at radius 2 is 1.90 bits per heavy atom. The molecule has 0 saturated carbocycles. The molecule has 0 aliphatic carbocycles. The molecule has 31 heavy (non-hydrogen) atoms. The van der Waals surface area contributed by atoms with Crippen LogP contribution in [0.5, 0.6) is 0 Å². The molecule has 0 unspecified atom stereocenters. The standard InChI is InChI=1S/C24H30N6O/c1-24(2,3)16-30-21-8-7-20(27-22(21)28(4)23(30)31)19-13-17(5-6-18(19)14-25)15-29-11-9-26-10-12-29/h5-8,13,26H,9-12,15-16H2,1-4H3. The van der Waals surface area contributed by atoms with Gasteiger partial charge in [-0.3, -0.25) is 14.0 Å². The van der Waals surface area contributed by atoms with Crippen molar-refractivity contribution in [2.75, 3.05) is 26.2 Å². The van der Waals surface area contributed by atoms with Crippen molar-refractivity contribution in [2.24, 2.45) is 12.5 Å². The van der Waals surface area contributed by atoms with Gasteiger partial charge in [0.1, 0.15) is 0 Å². The highest BCUT2D eigenvalue weighted by Crippen LogP contribution is 2.27. The lowest BCUT2D eigenvalue weighted by atomic mass is 9.97. The first-order valence-electron chi connectivity index (χ1n) is 10.8. The van der Waals surface area contributed by atoms with Crippen LogP contribution in [0.3, 0.4) is 0 Å². The van der Waals surface area contributed by atoms with Crippen LogP contribution in [0.25, 0.3) is 22.4 Å². The highest BCUT2D eigenvalue weighted by molar-refractivity contribution is 5.78. The second-order valence-corrected chi connectivity index (χ2v) is 9.55. The fraction of sp³-hybridized carbons (Fsp3) is 0.458. The van der Waals surface area contributed by atoms with E-state index in [-0.39, 0.29) is 11.1 Å². The van der Waals surface area contributed by atoms with E-state index in [0.29, 0.717) is 17.8 Å². The molecule has 162 valence electrons. The van der Waals surface area contributed by atoms with Gasteiger partial charge in [-0.25, -0.2) is 9.78 Å². The van der Waals surface area contributed by atoms with Crippen LogP contribution in [0.2, 0.25) is 0 Å². The lowest BCUT2D eigenvalue weighted by Crippen LogP contribution is -2.42. The minimum absolute atomic E-state index is 0.0247. The van der Waals surface area contributed by atoms with Crippen molar-refractivity contribution < 1.29 is 0 Å². The third kappa shape index (κ3) is 4.41. The maximum absolute atomic E-state index is 12.8. The first-order valence-corrected chi connectivity index (χ1v) is 10.8. The smallest absolute Gasteiger partial charge is 0.314 e. The predicted octanol–water partition coefficient (Wildman–Crippen LogP) is 2.72. The van der Waals surface area contributed by atoms with Crippen LogP contribution in [-0.4, -0.2) is 45.2 Å². The molecule has 1 N–H and O–H groups in total. The largest absolute Gasteiger partial charge is 0.330 e. The Hall–Kier alpha value is -2.95. The highest BCUT2D eigenvalue weighted by atomic mass is 16.1. The predicted molar refractivity (Wildman–Crippen MR) is 123 cm³/mol. The van der Waals surface area contributed by atoms with Gasteiger partial charge >= 0.3 is 5.69 Å². The fourth-order valence-corrected chi connectivity index (χ4v) is 4.18. The van der Waals surface area contributed by atoms with Gasteiger partial charge in [-0.2, -0.15) is 5.26 Å². The van der Waals surface area contributed by atoms with E-state index in [9.17, 15) is 10.1 Å². The number of imidazole rings is 1. The lowest BCUT2D eigenvalue weighted by molar-refractivity contribution is 0.233. The summed E-state index contributed by atoms with van der Waals surface area (Å²) in [6, 6.07) is 12.1. The van der Waals surface area contributed by atoms with E-state index in [2.05, 4.69) is 43.1 Å². The lowest BCUT2D eigenvalue weighted by Gasteiger charge is -2.27. The van der Waals surface area contributed by atoms with E-state index in [1.165, 1.54) is 0 Å². The van der Waals surface area contributed by atoms with Gasteiger partial charge in [-0.1, -0.05) is 26.8 Å². The van der Waals surface area contributed by atoms with Crippen LogP contribution in [0.4, 0.5) is 0 Å². The third-order valence-electron chi connectivity index (χ3n) is 5.71. The zero-order valence-corrected chi connectivity index (χ0v) is 18.8. The average Bonchev–Trinajstić information content (AvgIpc) is 2.97. The molecule has 0 atom stereocenters. The molecular formula is C24H30N6O. The van der Waals surface area contributed by atoms with Gasteiger partial charge in [-0.05, 0) is 35.2 Å². The minimum Gasteiger partial charge on any atom is -0.314 e. The topological polar surface area (TPSA) is 78.9 Å². The van der Waals surface area contributed by atoms with Gasteiger partial charge in [0.15, 0.2) is 5.65 Å². The number of nitrogens with one attached hydrogen (secondary N) is 1. The van der Waals surface area contributed by atoms with Crippen molar-refractivity contribution in [2.45, 2.75) is 33.9 Å². The molecule has 1 aliphatic rings. The quantitative estimate of drug-likeness (QED) is 0.705. The Labute approximate surface area is 182 Å². The summed E-state index contributed by atoms with van der Waals surface area (Å²) >= 11 is 0. The number of nitriles is 1. The molecule has 2 aromatic heterocycles. The van der Waals surface area contributed by atoms with Crippen molar-refractivity contribution in [1.82, 2.24) is 24.3 Å². The van der Waals surface area contributed by atoms with E-state index in [1.807, 2.05) is 24.3 Å². The summed E-state index contributed by atoms with van der Waals surface area (Å²) in [5.74, 6) is 0. The number of aromatic nitrogens is 3. The Morgan fingerprint density at radius 1 is 1.16 bits per heavy atom.